The first kappa shape index (κ1) is 13.1. The lowest BCUT2D eigenvalue weighted by atomic mass is 10.0. The first-order chi connectivity index (χ1) is 8.63. The summed E-state index contributed by atoms with van der Waals surface area (Å²) >= 11 is 6.06. The van der Waals surface area contributed by atoms with Gasteiger partial charge >= 0.3 is 0 Å². The molecule has 4 heteroatoms. The van der Waals surface area contributed by atoms with Crippen molar-refractivity contribution < 1.29 is 0 Å². The second kappa shape index (κ2) is 5.53. The standard InChI is InChI=1S/C14H18ClN3/c1-4-12(9(2)3)16-14-11-8-6-5-7-10(11)13(15)17-18-14/h5-9,12H,4H2,1-3H3,(H,16,18). The van der Waals surface area contributed by atoms with Gasteiger partial charge in [-0.15, -0.1) is 10.2 Å². The van der Waals surface area contributed by atoms with Crippen LogP contribution in [0.5, 0.6) is 0 Å². The van der Waals surface area contributed by atoms with Crippen LogP contribution in [0.25, 0.3) is 10.8 Å². The van der Waals surface area contributed by atoms with E-state index in [9.17, 15) is 0 Å². The number of nitrogens with one attached hydrogen (secondary N) is 1. The molecule has 1 aromatic carbocycles. The van der Waals surface area contributed by atoms with Crippen molar-refractivity contribution in [2.75, 3.05) is 5.32 Å². The van der Waals surface area contributed by atoms with Gasteiger partial charge in [0, 0.05) is 16.8 Å². The van der Waals surface area contributed by atoms with E-state index in [1.54, 1.807) is 0 Å². The quantitative estimate of drug-likeness (QED) is 0.901. The van der Waals surface area contributed by atoms with Crippen molar-refractivity contribution in [1.82, 2.24) is 10.2 Å². The first-order valence-corrected chi connectivity index (χ1v) is 6.68. The summed E-state index contributed by atoms with van der Waals surface area (Å²) < 4.78 is 0. The van der Waals surface area contributed by atoms with Crippen molar-refractivity contribution in [3.8, 4) is 0 Å². The van der Waals surface area contributed by atoms with Crippen LogP contribution in [0.3, 0.4) is 0 Å². The molecule has 1 N–H and O–H groups in total. The summed E-state index contributed by atoms with van der Waals surface area (Å²) in [5, 5.41) is 14.1. The zero-order valence-electron chi connectivity index (χ0n) is 10.9. The maximum atomic E-state index is 6.06. The topological polar surface area (TPSA) is 37.8 Å². The lowest BCUT2D eigenvalue weighted by Crippen LogP contribution is -2.25. The van der Waals surface area contributed by atoms with Gasteiger partial charge in [-0.05, 0) is 12.3 Å². The van der Waals surface area contributed by atoms with E-state index < -0.39 is 0 Å². The third kappa shape index (κ3) is 2.56. The van der Waals surface area contributed by atoms with E-state index in [0.717, 1.165) is 23.0 Å². The fraction of sp³-hybridized carbons (Fsp3) is 0.429. The highest BCUT2D eigenvalue weighted by molar-refractivity contribution is 6.34. The lowest BCUT2D eigenvalue weighted by molar-refractivity contribution is 0.509. The molecule has 0 aliphatic carbocycles. The Labute approximate surface area is 113 Å². The zero-order valence-corrected chi connectivity index (χ0v) is 11.7. The van der Waals surface area contributed by atoms with Crippen molar-refractivity contribution in [2.45, 2.75) is 33.2 Å². The summed E-state index contributed by atoms with van der Waals surface area (Å²) in [6.07, 6.45) is 1.05. The Morgan fingerprint density at radius 1 is 1.17 bits per heavy atom. The summed E-state index contributed by atoms with van der Waals surface area (Å²) in [5.74, 6) is 1.36. The van der Waals surface area contributed by atoms with Crippen molar-refractivity contribution in [2.24, 2.45) is 5.92 Å². The van der Waals surface area contributed by atoms with Crippen LogP contribution in [0, 0.1) is 5.92 Å². The van der Waals surface area contributed by atoms with Gasteiger partial charge < -0.3 is 5.32 Å². The van der Waals surface area contributed by atoms with Crippen molar-refractivity contribution >= 4 is 28.2 Å². The maximum absolute atomic E-state index is 6.06. The molecule has 0 fully saturated rings. The molecule has 1 aromatic heterocycles. The highest BCUT2D eigenvalue weighted by atomic mass is 35.5. The molecule has 0 saturated carbocycles. The predicted molar refractivity (Wildman–Crippen MR) is 77.1 cm³/mol. The number of nitrogens with zero attached hydrogens (tertiary/aromatic N) is 2. The number of halogens is 1. The summed E-state index contributed by atoms with van der Waals surface area (Å²) in [7, 11) is 0. The normalized spacial score (nSPS) is 12.9. The average molecular weight is 264 g/mol. The molecule has 0 radical (unpaired) electrons. The van der Waals surface area contributed by atoms with Crippen LogP contribution in [0.4, 0.5) is 5.82 Å². The van der Waals surface area contributed by atoms with Crippen LogP contribution in [0.15, 0.2) is 24.3 Å². The number of anilines is 1. The van der Waals surface area contributed by atoms with Gasteiger partial charge in [-0.3, -0.25) is 0 Å². The highest BCUT2D eigenvalue weighted by Gasteiger charge is 2.14. The molecule has 3 nitrogen and oxygen atoms in total. The average Bonchev–Trinajstić information content (AvgIpc) is 2.38. The summed E-state index contributed by atoms with van der Waals surface area (Å²) in [4.78, 5) is 0. The van der Waals surface area contributed by atoms with Crippen molar-refractivity contribution in [1.29, 1.82) is 0 Å². The fourth-order valence-electron chi connectivity index (χ4n) is 2.09. The van der Waals surface area contributed by atoms with Gasteiger partial charge in [0.25, 0.3) is 0 Å². The van der Waals surface area contributed by atoms with Gasteiger partial charge in [-0.2, -0.15) is 0 Å². The monoisotopic (exact) mass is 263 g/mol. The molecule has 0 bridgehead atoms. The maximum Gasteiger partial charge on any atom is 0.159 e. The van der Waals surface area contributed by atoms with Crippen molar-refractivity contribution in [3.63, 3.8) is 0 Å². The predicted octanol–water partition coefficient (Wildman–Crippen LogP) is 4.13. The molecule has 0 saturated heterocycles. The minimum atomic E-state index is 0.392. The van der Waals surface area contributed by atoms with Crippen LogP contribution in [0.1, 0.15) is 27.2 Å². The molecule has 2 aromatic rings. The van der Waals surface area contributed by atoms with E-state index in [4.69, 9.17) is 11.6 Å². The van der Waals surface area contributed by atoms with Crippen LogP contribution in [-0.2, 0) is 0 Å². The van der Waals surface area contributed by atoms with Crippen LogP contribution >= 0.6 is 11.6 Å². The number of hydrogen-bond donors (Lipinski definition) is 1. The molecule has 0 amide bonds. The fourth-order valence-corrected chi connectivity index (χ4v) is 2.30. The van der Waals surface area contributed by atoms with E-state index in [1.807, 2.05) is 24.3 Å². The van der Waals surface area contributed by atoms with Gasteiger partial charge in [0.15, 0.2) is 11.0 Å². The van der Waals surface area contributed by atoms with Gasteiger partial charge in [-0.1, -0.05) is 56.6 Å². The van der Waals surface area contributed by atoms with Gasteiger partial charge in [0.2, 0.25) is 0 Å². The molecule has 0 aliphatic rings. The third-order valence-corrected chi connectivity index (χ3v) is 3.49. The molecular weight excluding hydrogens is 246 g/mol. The van der Waals surface area contributed by atoms with E-state index in [-0.39, 0.29) is 0 Å². The smallest absolute Gasteiger partial charge is 0.159 e. The van der Waals surface area contributed by atoms with E-state index >= 15 is 0 Å². The molecule has 96 valence electrons. The molecule has 18 heavy (non-hydrogen) atoms. The lowest BCUT2D eigenvalue weighted by Gasteiger charge is -2.21. The Morgan fingerprint density at radius 3 is 2.44 bits per heavy atom. The molecule has 1 heterocycles. The SMILES string of the molecule is CCC(Nc1nnc(Cl)c2ccccc12)C(C)C. The number of rotatable bonds is 4. The second-order valence-electron chi connectivity index (χ2n) is 4.79. The van der Waals surface area contributed by atoms with E-state index in [0.29, 0.717) is 17.1 Å². The Hall–Kier alpha value is -1.35. The minimum Gasteiger partial charge on any atom is -0.365 e. The Bertz CT molecular complexity index is 540. The van der Waals surface area contributed by atoms with Crippen LogP contribution < -0.4 is 5.32 Å². The van der Waals surface area contributed by atoms with E-state index in [1.165, 1.54) is 0 Å². The zero-order chi connectivity index (χ0) is 13.1. The molecule has 0 spiro atoms. The Morgan fingerprint density at radius 2 is 1.83 bits per heavy atom. The Kier molecular flexibility index (Phi) is 4.02. The molecule has 1 atom stereocenters. The summed E-state index contributed by atoms with van der Waals surface area (Å²) in [6, 6.07) is 8.32. The van der Waals surface area contributed by atoms with Crippen molar-refractivity contribution in [3.05, 3.63) is 29.4 Å². The molecule has 0 aliphatic heterocycles. The molecule has 2 rings (SSSR count). The Balaban J connectivity index is 2.42. The number of benzene rings is 1. The first-order valence-electron chi connectivity index (χ1n) is 6.31. The van der Waals surface area contributed by atoms with Crippen LogP contribution in [-0.4, -0.2) is 16.2 Å². The van der Waals surface area contributed by atoms with Gasteiger partial charge in [-0.25, -0.2) is 0 Å². The molecule has 1 unspecified atom stereocenters. The summed E-state index contributed by atoms with van der Waals surface area (Å²) in [6.45, 7) is 6.57. The minimum absolute atomic E-state index is 0.392. The van der Waals surface area contributed by atoms with E-state index in [2.05, 4.69) is 36.3 Å². The van der Waals surface area contributed by atoms with Gasteiger partial charge in [0.1, 0.15) is 0 Å². The molecular formula is C14H18ClN3. The van der Waals surface area contributed by atoms with Gasteiger partial charge in [0.05, 0.1) is 0 Å². The number of hydrogen-bond acceptors (Lipinski definition) is 3. The second-order valence-corrected chi connectivity index (χ2v) is 5.15. The number of aromatic nitrogens is 2. The van der Waals surface area contributed by atoms with Crippen LogP contribution in [0.2, 0.25) is 5.15 Å². The third-order valence-electron chi connectivity index (χ3n) is 3.21. The summed E-state index contributed by atoms with van der Waals surface area (Å²) in [5.41, 5.74) is 0. The number of fused-ring (bicyclic) bond motifs is 1. The highest BCUT2D eigenvalue weighted by Crippen LogP contribution is 2.26. The largest absolute Gasteiger partial charge is 0.365 e.